The number of aliphatic hydroxyl groups excluding tert-OH is 2. The second-order valence-corrected chi connectivity index (χ2v) is 11.4. The Kier molecular flexibility index (Phi) is 7.19. The van der Waals surface area contributed by atoms with Crippen LogP contribution in [0, 0.1) is 17.8 Å². The minimum atomic E-state index is -4.88. The van der Waals surface area contributed by atoms with E-state index < -0.39 is 99.0 Å². The quantitative estimate of drug-likeness (QED) is 0.328. The molecule has 222 valence electrons. The smallest absolute Gasteiger partial charge is 0.417 e. The number of nitrogens with two attached hydrogens (primary N) is 1. The van der Waals surface area contributed by atoms with Gasteiger partial charge in [0.15, 0.2) is 11.4 Å². The first-order valence-electron chi connectivity index (χ1n) is 13.3. The summed E-state index contributed by atoms with van der Waals surface area (Å²) in [6, 6.07) is 0.914. The van der Waals surface area contributed by atoms with Gasteiger partial charge in [-0.15, -0.1) is 0 Å². The van der Waals surface area contributed by atoms with Gasteiger partial charge >= 0.3 is 6.18 Å². The predicted molar refractivity (Wildman–Crippen MR) is 136 cm³/mol. The zero-order valence-corrected chi connectivity index (χ0v) is 22.3. The standard InChI is InChI=1S/C28H31F3N2O8/c1-41-11-12-2-4-33(5-3-12)10-14-8-17(34)20-16(22(14)28(29,30)31)7-13-6-15-9-18(35)21(26(32)39)25(38)27(15,40)24(37)19(13)23(20)36/h8,12-13,15,34-35,37,40H,2-7,9-11H2,1H3,(H2,32,39)/t13?,15-,27-/m0/s1. The van der Waals surface area contributed by atoms with Crippen LogP contribution in [-0.4, -0.2) is 75.2 Å². The number of fused-ring (bicyclic) bond motifs is 3. The SMILES string of the molecule is COCC1CCN(Cc2cc(O)c3c(c2C(F)(F)F)CC2C[C@H]4CC(O)=C(C(N)=O)C(=O)[C@@]4(O)C(O)=C2C3=O)CC1. The first-order chi connectivity index (χ1) is 19.2. The highest BCUT2D eigenvalue weighted by Gasteiger charge is 2.60. The van der Waals surface area contributed by atoms with Crippen molar-refractivity contribution < 1.29 is 52.7 Å². The Bertz CT molecular complexity index is 1390. The highest BCUT2D eigenvalue weighted by Crippen LogP contribution is 2.53. The molecule has 0 aromatic heterocycles. The number of benzene rings is 1. The Labute approximate surface area is 232 Å². The van der Waals surface area contributed by atoms with Crippen molar-refractivity contribution in [1.29, 1.82) is 0 Å². The molecule has 0 saturated carbocycles. The largest absolute Gasteiger partial charge is 0.511 e. The molecule has 0 bridgehead atoms. The van der Waals surface area contributed by atoms with Crippen LogP contribution in [0.2, 0.25) is 0 Å². The Morgan fingerprint density at radius 2 is 1.83 bits per heavy atom. The molecule has 5 rings (SSSR count). The van der Waals surface area contributed by atoms with E-state index in [2.05, 4.69) is 0 Å². The highest BCUT2D eigenvalue weighted by atomic mass is 19.4. The molecule has 13 heteroatoms. The molecule has 1 heterocycles. The number of ether oxygens (including phenoxy) is 1. The number of ketones is 2. The van der Waals surface area contributed by atoms with E-state index in [1.54, 1.807) is 7.11 Å². The summed E-state index contributed by atoms with van der Waals surface area (Å²) in [6.07, 6.45) is -4.53. The molecule has 1 saturated heterocycles. The Balaban J connectivity index is 1.57. The maximum absolute atomic E-state index is 14.6. The van der Waals surface area contributed by atoms with Crippen LogP contribution in [-0.2, 0) is 33.5 Å². The number of likely N-dealkylation sites (tertiary alicyclic amines) is 1. The Hall–Kier alpha value is -3.42. The van der Waals surface area contributed by atoms with Crippen molar-refractivity contribution in [2.75, 3.05) is 26.8 Å². The fourth-order valence-corrected chi connectivity index (χ4v) is 7.02. The summed E-state index contributed by atoms with van der Waals surface area (Å²) < 4.78 is 49.0. The molecule has 41 heavy (non-hydrogen) atoms. The third-order valence-corrected chi connectivity index (χ3v) is 8.93. The van der Waals surface area contributed by atoms with Gasteiger partial charge in [0, 0.05) is 38.2 Å². The van der Waals surface area contributed by atoms with E-state index in [1.807, 2.05) is 4.90 Å². The predicted octanol–water partition coefficient (Wildman–Crippen LogP) is 2.46. The van der Waals surface area contributed by atoms with Crippen LogP contribution < -0.4 is 5.73 Å². The summed E-state index contributed by atoms with van der Waals surface area (Å²) in [6.45, 7) is 1.52. The molecule has 4 aliphatic rings. The van der Waals surface area contributed by atoms with Gasteiger partial charge in [0.05, 0.1) is 11.1 Å². The lowest BCUT2D eigenvalue weighted by Gasteiger charge is -2.45. The van der Waals surface area contributed by atoms with Crippen LogP contribution in [0.5, 0.6) is 5.75 Å². The van der Waals surface area contributed by atoms with Crippen molar-refractivity contribution in [1.82, 2.24) is 4.90 Å². The lowest BCUT2D eigenvalue weighted by atomic mass is 9.60. The van der Waals surface area contributed by atoms with E-state index in [9.17, 15) is 48.0 Å². The Morgan fingerprint density at radius 3 is 2.41 bits per heavy atom. The zero-order valence-electron chi connectivity index (χ0n) is 22.3. The highest BCUT2D eigenvalue weighted by molar-refractivity contribution is 6.24. The fraction of sp³-hybridized carbons (Fsp3) is 0.536. The summed E-state index contributed by atoms with van der Waals surface area (Å²) in [7, 11) is 1.59. The number of amides is 1. The number of nitrogens with zero attached hydrogens (tertiary/aromatic N) is 1. The number of carbonyl (C=O) groups is 3. The first kappa shape index (κ1) is 29.1. The van der Waals surface area contributed by atoms with Crippen molar-refractivity contribution in [3.05, 3.63) is 51.0 Å². The van der Waals surface area contributed by atoms with Gasteiger partial charge < -0.3 is 30.9 Å². The summed E-state index contributed by atoms with van der Waals surface area (Å²) in [5, 5.41) is 43.5. The molecule has 1 aliphatic heterocycles. The summed E-state index contributed by atoms with van der Waals surface area (Å²) in [4.78, 5) is 40.3. The molecule has 3 aliphatic carbocycles. The van der Waals surface area contributed by atoms with E-state index >= 15 is 0 Å². The minimum Gasteiger partial charge on any atom is -0.511 e. The Morgan fingerprint density at radius 1 is 1.17 bits per heavy atom. The van der Waals surface area contributed by atoms with Crippen molar-refractivity contribution in [3.8, 4) is 5.75 Å². The van der Waals surface area contributed by atoms with Gasteiger partial charge in [0.1, 0.15) is 22.8 Å². The molecule has 1 aromatic carbocycles. The van der Waals surface area contributed by atoms with Crippen LogP contribution in [0.3, 0.4) is 0 Å². The number of carbonyl (C=O) groups excluding carboxylic acids is 3. The number of primary amides is 1. The molecule has 3 atom stereocenters. The van der Waals surface area contributed by atoms with Crippen LogP contribution in [0.25, 0.3) is 0 Å². The third-order valence-electron chi connectivity index (χ3n) is 8.93. The number of aliphatic hydroxyl groups is 3. The van der Waals surface area contributed by atoms with E-state index in [-0.39, 0.29) is 18.5 Å². The molecular weight excluding hydrogens is 549 g/mol. The molecule has 6 N–H and O–H groups in total. The number of methoxy groups -OCH3 is 1. The van der Waals surface area contributed by atoms with Gasteiger partial charge in [0.2, 0.25) is 5.78 Å². The first-order valence-corrected chi connectivity index (χ1v) is 13.3. The van der Waals surface area contributed by atoms with Crippen LogP contribution in [0.4, 0.5) is 13.2 Å². The van der Waals surface area contributed by atoms with Gasteiger partial charge in [-0.05, 0) is 67.8 Å². The van der Waals surface area contributed by atoms with Crippen LogP contribution in [0.1, 0.15) is 52.7 Å². The molecule has 10 nitrogen and oxygen atoms in total. The van der Waals surface area contributed by atoms with Crippen LogP contribution in [0.15, 0.2) is 28.7 Å². The number of phenols is 1. The van der Waals surface area contributed by atoms with E-state index in [0.29, 0.717) is 25.6 Å². The lowest BCUT2D eigenvalue weighted by molar-refractivity contribution is -0.144. The van der Waals surface area contributed by atoms with Crippen molar-refractivity contribution in [2.24, 2.45) is 23.5 Å². The maximum atomic E-state index is 14.6. The average molecular weight is 581 g/mol. The normalized spacial score (nSPS) is 27.5. The number of rotatable bonds is 5. The van der Waals surface area contributed by atoms with Crippen molar-refractivity contribution in [2.45, 2.75) is 50.4 Å². The second-order valence-electron chi connectivity index (χ2n) is 11.4. The molecule has 1 aromatic rings. The summed E-state index contributed by atoms with van der Waals surface area (Å²) in [5.41, 5.74) is -1.33. The van der Waals surface area contributed by atoms with Gasteiger partial charge in [0.25, 0.3) is 5.91 Å². The molecule has 1 amide bonds. The number of Topliss-reactive ketones (excluding diaryl/α,β-unsaturated/α-hetero) is 2. The number of halogens is 3. The average Bonchev–Trinajstić information content (AvgIpc) is 2.86. The molecule has 0 spiro atoms. The second kappa shape index (κ2) is 10.1. The molecular formula is C28H31F3N2O8. The fourth-order valence-electron chi connectivity index (χ4n) is 7.02. The zero-order chi connectivity index (χ0) is 30.0. The molecule has 0 radical (unpaired) electrons. The van der Waals surface area contributed by atoms with Crippen molar-refractivity contribution in [3.63, 3.8) is 0 Å². The van der Waals surface area contributed by atoms with Gasteiger partial charge in [-0.1, -0.05) is 0 Å². The van der Waals surface area contributed by atoms with Gasteiger partial charge in [-0.2, -0.15) is 13.2 Å². The van der Waals surface area contributed by atoms with Crippen molar-refractivity contribution >= 4 is 17.5 Å². The third kappa shape index (κ3) is 4.59. The van der Waals surface area contributed by atoms with E-state index in [4.69, 9.17) is 10.5 Å². The number of piperidine rings is 1. The van der Waals surface area contributed by atoms with Gasteiger partial charge in [-0.25, -0.2) is 0 Å². The maximum Gasteiger partial charge on any atom is 0.417 e. The number of alkyl halides is 3. The number of hydrogen-bond donors (Lipinski definition) is 5. The number of aromatic hydroxyl groups is 1. The summed E-state index contributed by atoms with van der Waals surface area (Å²) in [5.74, 6) is -8.41. The summed E-state index contributed by atoms with van der Waals surface area (Å²) >= 11 is 0. The lowest BCUT2D eigenvalue weighted by Crippen LogP contribution is -2.57. The van der Waals surface area contributed by atoms with Gasteiger partial charge in [-0.3, -0.25) is 19.3 Å². The van der Waals surface area contributed by atoms with E-state index in [0.717, 1.165) is 18.9 Å². The topological polar surface area (TPSA) is 171 Å². The molecule has 1 fully saturated rings. The minimum absolute atomic E-state index is 0.104. The monoisotopic (exact) mass is 580 g/mol. The number of allylic oxidation sites excluding steroid dienone is 2. The van der Waals surface area contributed by atoms with Crippen LogP contribution >= 0.6 is 0 Å². The number of hydrogen-bond acceptors (Lipinski definition) is 9. The molecule has 1 unspecified atom stereocenters. The van der Waals surface area contributed by atoms with E-state index in [1.165, 1.54) is 0 Å². The number of phenolic OH excluding ortho intramolecular Hbond substituents is 1.